The van der Waals surface area contributed by atoms with Crippen LogP contribution >= 0.6 is 0 Å². The Labute approximate surface area is 128 Å². The molecule has 0 saturated heterocycles. The summed E-state index contributed by atoms with van der Waals surface area (Å²) in [4.78, 5) is 0. The van der Waals surface area contributed by atoms with Crippen molar-refractivity contribution >= 4 is 0 Å². The van der Waals surface area contributed by atoms with Gasteiger partial charge in [-0.3, -0.25) is 0 Å². The van der Waals surface area contributed by atoms with Crippen LogP contribution in [0.3, 0.4) is 0 Å². The van der Waals surface area contributed by atoms with E-state index >= 15 is 0 Å². The lowest BCUT2D eigenvalue weighted by Gasteiger charge is -2.29. The zero-order chi connectivity index (χ0) is 14.7. The van der Waals surface area contributed by atoms with E-state index in [0.717, 1.165) is 6.54 Å². The second-order valence-electron chi connectivity index (χ2n) is 6.32. The Hall–Kier alpha value is -1.60. The predicted molar refractivity (Wildman–Crippen MR) is 89.6 cm³/mol. The third-order valence-electron chi connectivity index (χ3n) is 4.70. The molecule has 1 atom stereocenters. The SMILES string of the molecule is CCCNC(c1ccc(C)cc1)C1(c2ccccc2)CC1. The first kappa shape index (κ1) is 14.3. The minimum atomic E-state index is 0.297. The second kappa shape index (κ2) is 6.03. The highest BCUT2D eigenvalue weighted by Crippen LogP contribution is 2.56. The lowest BCUT2D eigenvalue weighted by molar-refractivity contribution is 0.429. The number of rotatable bonds is 6. The third-order valence-corrected chi connectivity index (χ3v) is 4.70. The maximum Gasteiger partial charge on any atom is 0.0418 e. The van der Waals surface area contributed by atoms with Gasteiger partial charge in [0.05, 0.1) is 0 Å². The third kappa shape index (κ3) is 2.89. The van der Waals surface area contributed by atoms with Gasteiger partial charge in [0.1, 0.15) is 0 Å². The van der Waals surface area contributed by atoms with Crippen LogP contribution in [0.2, 0.25) is 0 Å². The molecule has 21 heavy (non-hydrogen) atoms. The molecule has 0 aliphatic heterocycles. The second-order valence-corrected chi connectivity index (χ2v) is 6.32. The summed E-state index contributed by atoms with van der Waals surface area (Å²) >= 11 is 0. The highest BCUT2D eigenvalue weighted by atomic mass is 14.9. The van der Waals surface area contributed by atoms with E-state index in [-0.39, 0.29) is 0 Å². The van der Waals surface area contributed by atoms with Crippen LogP contribution in [0, 0.1) is 6.92 Å². The maximum atomic E-state index is 3.81. The van der Waals surface area contributed by atoms with Crippen LogP contribution in [0.15, 0.2) is 54.6 Å². The van der Waals surface area contributed by atoms with Crippen molar-refractivity contribution in [2.75, 3.05) is 6.54 Å². The molecule has 0 amide bonds. The van der Waals surface area contributed by atoms with Crippen LogP contribution in [-0.2, 0) is 5.41 Å². The van der Waals surface area contributed by atoms with E-state index in [9.17, 15) is 0 Å². The normalized spacial score (nSPS) is 17.4. The van der Waals surface area contributed by atoms with Gasteiger partial charge >= 0.3 is 0 Å². The molecule has 110 valence electrons. The molecule has 0 aromatic heterocycles. The first-order valence-electron chi connectivity index (χ1n) is 8.12. The topological polar surface area (TPSA) is 12.0 Å². The molecule has 1 N–H and O–H groups in total. The summed E-state index contributed by atoms with van der Waals surface area (Å²) in [5.74, 6) is 0. The molecule has 3 rings (SSSR count). The minimum Gasteiger partial charge on any atom is -0.309 e. The first-order chi connectivity index (χ1) is 10.3. The predicted octanol–water partition coefficient (Wildman–Crippen LogP) is 4.77. The van der Waals surface area contributed by atoms with Crippen LogP contribution in [0.4, 0.5) is 0 Å². The van der Waals surface area contributed by atoms with Crippen LogP contribution in [-0.4, -0.2) is 6.54 Å². The van der Waals surface area contributed by atoms with Crippen LogP contribution in [0.5, 0.6) is 0 Å². The van der Waals surface area contributed by atoms with Gasteiger partial charge in [-0.25, -0.2) is 0 Å². The highest BCUT2D eigenvalue weighted by molar-refractivity contribution is 5.39. The molecule has 1 fully saturated rings. The van der Waals surface area contributed by atoms with E-state index in [1.807, 2.05) is 0 Å². The summed E-state index contributed by atoms with van der Waals surface area (Å²) in [6.45, 7) is 5.47. The van der Waals surface area contributed by atoms with Gasteiger partial charge in [-0.2, -0.15) is 0 Å². The molecule has 1 saturated carbocycles. The standard InChI is InChI=1S/C20H25N/c1-3-15-21-19(17-11-9-16(2)10-12-17)20(13-14-20)18-7-5-4-6-8-18/h4-12,19,21H,3,13-15H2,1-2H3. The zero-order valence-corrected chi connectivity index (χ0v) is 13.1. The first-order valence-corrected chi connectivity index (χ1v) is 8.12. The van der Waals surface area contributed by atoms with E-state index in [1.165, 1.54) is 36.0 Å². The summed E-state index contributed by atoms with van der Waals surface area (Å²) in [5, 5.41) is 3.81. The molecular formula is C20H25N. The van der Waals surface area contributed by atoms with E-state index in [4.69, 9.17) is 0 Å². The number of hydrogen-bond acceptors (Lipinski definition) is 1. The molecule has 0 radical (unpaired) electrons. The summed E-state index contributed by atoms with van der Waals surface area (Å²) in [7, 11) is 0. The van der Waals surface area contributed by atoms with Crippen LogP contribution in [0.1, 0.15) is 48.9 Å². The lowest BCUT2D eigenvalue weighted by Crippen LogP contribution is -2.32. The Balaban J connectivity index is 1.94. The molecule has 1 aliphatic rings. The Morgan fingerprint density at radius 1 is 1.00 bits per heavy atom. The highest BCUT2D eigenvalue weighted by Gasteiger charge is 2.50. The van der Waals surface area contributed by atoms with Crippen LogP contribution in [0.25, 0.3) is 0 Å². The monoisotopic (exact) mass is 279 g/mol. The van der Waals surface area contributed by atoms with Gasteiger partial charge in [0.25, 0.3) is 0 Å². The number of hydrogen-bond donors (Lipinski definition) is 1. The molecule has 1 heteroatoms. The van der Waals surface area contributed by atoms with Crippen LogP contribution < -0.4 is 5.32 Å². The van der Waals surface area contributed by atoms with Crippen molar-refractivity contribution in [1.82, 2.24) is 5.32 Å². The Morgan fingerprint density at radius 3 is 2.24 bits per heavy atom. The van der Waals surface area contributed by atoms with E-state index in [2.05, 4.69) is 73.8 Å². The Morgan fingerprint density at radius 2 is 1.67 bits per heavy atom. The molecule has 0 bridgehead atoms. The van der Waals surface area contributed by atoms with Gasteiger partial charge in [0, 0.05) is 11.5 Å². The van der Waals surface area contributed by atoms with Crippen molar-refractivity contribution < 1.29 is 0 Å². The number of nitrogens with one attached hydrogen (secondary N) is 1. The molecule has 0 heterocycles. The smallest absolute Gasteiger partial charge is 0.0418 e. The fourth-order valence-corrected chi connectivity index (χ4v) is 3.33. The summed E-state index contributed by atoms with van der Waals surface area (Å²) in [5.41, 5.74) is 4.54. The Kier molecular flexibility index (Phi) is 4.12. The zero-order valence-electron chi connectivity index (χ0n) is 13.1. The molecule has 1 aliphatic carbocycles. The van der Waals surface area contributed by atoms with Crippen molar-refractivity contribution in [3.63, 3.8) is 0 Å². The Bertz CT molecular complexity index is 567. The van der Waals surface area contributed by atoms with Gasteiger partial charge in [-0.15, -0.1) is 0 Å². The van der Waals surface area contributed by atoms with Gasteiger partial charge < -0.3 is 5.32 Å². The number of aryl methyl sites for hydroxylation is 1. The quantitative estimate of drug-likeness (QED) is 0.803. The molecule has 2 aromatic carbocycles. The number of benzene rings is 2. The van der Waals surface area contributed by atoms with Gasteiger partial charge in [-0.05, 0) is 43.9 Å². The van der Waals surface area contributed by atoms with Gasteiger partial charge in [0.15, 0.2) is 0 Å². The fourth-order valence-electron chi connectivity index (χ4n) is 3.33. The average Bonchev–Trinajstić information content (AvgIpc) is 3.32. The molecule has 1 nitrogen and oxygen atoms in total. The summed E-state index contributed by atoms with van der Waals surface area (Å²) in [6, 6.07) is 20.5. The summed E-state index contributed by atoms with van der Waals surface area (Å²) < 4.78 is 0. The van der Waals surface area contributed by atoms with Gasteiger partial charge in [0.2, 0.25) is 0 Å². The van der Waals surface area contributed by atoms with Crippen molar-refractivity contribution in [3.8, 4) is 0 Å². The van der Waals surface area contributed by atoms with E-state index in [0.29, 0.717) is 11.5 Å². The fraction of sp³-hybridized carbons (Fsp3) is 0.400. The molecule has 0 spiro atoms. The van der Waals surface area contributed by atoms with Crippen molar-refractivity contribution in [3.05, 3.63) is 71.3 Å². The lowest BCUT2D eigenvalue weighted by atomic mass is 9.83. The van der Waals surface area contributed by atoms with Crippen molar-refractivity contribution in [2.24, 2.45) is 0 Å². The average molecular weight is 279 g/mol. The molecule has 2 aromatic rings. The van der Waals surface area contributed by atoms with Crippen molar-refractivity contribution in [1.29, 1.82) is 0 Å². The van der Waals surface area contributed by atoms with Crippen molar-refractivity contribution in [2.45, 2.75) is 44.6 Å². The van der Waals surface area contributed by atoms with E-state index < -0.39 is 0 Å². The summed E-state index contributed by atoms with van der Waals surface area (Å²) in [6.07, 6.45) is 3.74. The minimum absolute atomic E-state index is 0.297. The largest absolute Gasteiger partial charge is 0.309 e. The molecular weight excluding hydrogens is 254 g/mol. The van der Waals surface area contributed by atoms with Gasteiger partial charge in [-0.1, -0.05) is 67.1 Å². The maximum absolute atomic E-state index is 3.81. The van der Waals surface area contributed by atoms with E-state index in [1.54, 1.807) is 0 Å². The molecule has 1 unspecified atom stereocenters.